The summed E-state index contributed by atoms with van der Waals surface area (Å²) in [5.41, 5.74) is 2.48. The van der Waals surface area contributed by atoms with Gasteiger partial charge in [-0.15, -0.1) is 0 Å². The number of rotatable bonds is 6. The van der Waals surface area contributed by atoms with Crippen molar-refractivity contribution in [1.82, 2.24) is 9.88 Å². The molecule has 0 aromatic carbocycles. The maximum absolute atomic E-state index is 12.2. The average Bonchev–Trinajstić information content (AvgIpc) is 2.61. The molecule has 0 bridgehead atoms. The van der Waals surface area contributed by atoms with E-state index in [-0.39, 0.29) is 11.9 Å². The van der Waals surface area contributed by atoms with Crippen LogP contribution >= 0.6 is 0 Å². The van der Waals surface area contributed by atoms with Crippen molar-refractivity contribution in [2.24, 2.45) is 7.05 Å². The third-order valence-corrected chi connectivity index (χ3v) is 3.44. The molecule has 1 heterocycles. The largest absolute Gasteiger partial charge is 0.461 e. The van der Waals surface area contributed by atoms with Crippen molar-refractivity contribution in [1.29, 1.82) is 0 Å². The first-order valence-corrected chi connectivity index (χ1v) is 7.06. The van der Waals surface area contributed by atoms with Crippen LogP contribution in [0.15, 0.2) is 0 Å². The summed E-state index contributed by atoms with van der Waals surface area (Å²) < 4.78 is 6.77. The predicted octanol–water partition coefficient (Wildman–Crippen LogP) is 2.35. The maximum atomic E-state index is 12.2. The first-order valence-electron chi connectivity index (χ1n) is 7.06. The molecule has 0 aliphatic rings. The second-order valence-electron chi connectivity index (χ2n) is 4.82. The highest BCUT2D eigenvalue weighted by atomic mass is 16.5. The van der Waals surface area contributed by atoms with Crippen molar-refractivity contribution in [3.63, 3.8) is 0 Å². The number of hydrogen-bond donors (Lipinski definition) is 1. The molecular weight excluding hydrogens is 256 g/mol. The highest BCUT2D eigenvalue weighted by molar-refractivity contribution is 6.01. The molecule has 0 spiro atoms. The van der Waals surface area contributed by atoms with Gasteiger partial charge in [0.05, 0.1) is 12.2 Å². The summed E-state index contributed by atoms with van der Waals surface area (Å²) in [7, 11) is 1.78. The Labute approximate surface area is 120 Å². The topological polar surface area (TPSA) is 60.3 Å². The summed E-state index contributed by atoms with van der Waals surface area (Å²) in [5, 5.41) is 2.89. The molecule has 20 heavy (non-hydrogen) atoms. The van der Waals surface area contributed by atoms with Gasteiger partial charge in [0.1, 0.15) is 5.69 Å². The predicted molar refractivity (Wildman–Crippen MR) is 78.1 cm³/mol. The van der Waals surface area contributed by atoms with E-state index in [2.05, 4.69) is 12.2 Å². The molecular formula is C15H24N2O3. The average molecular weight is 280 g/mol. The van der Waals surface area contributed by atoms with Crippen LogP contribution in [0.4, 0.5) is 0 Å². The Hall–Kier alpha value is -1.78. The van der Waals surface area contributed by atoms with Gasteiger partial charge in [-0.1, -0.05) is 13.3 Å². The van der Waals surface area contributed by atoms with Gasteiger partial charge in [0.2, 0.25) is 0 Å². The molecule has 0 saturated heterocycles. The molecule has 1 N–H and O–H groups in total. The summed E-state index contributed by atoms with van der Waals surface area (Å²) in [4.78, 5) is 24.2. The van der Waals surface area contributed by atoms with Crippen LogP contribution in [0.3, 0.4) is 0 Å². The molecule has 0 radical (unpaired) electrons. The molecule has 1 aromatic heterocycles. The SMILES string of the molecule is CCCCNC(=O)c1c(C)c(C(=O)OCC)n(C)c1C. The number of carbonyl (C=O) groups excluding carboxylic acids is 2. The lowest BCUT2D eigenvalue weighted by molar-refractivity contribution is 0.0514. The summed E-state index contributed by atoms with van der Waals surface area (Å²) in [6.07, 6.45) is 1.97. The van der Waals surface area contributed by atoms with E-state index in [1.54, 1.807) is 25.5 Å². The van der Waals surface area contributed by atoms with Crippen molar-refractivity contribution in [2.75, 3.05) is 13.2 Å². The second-order valence-corrected chi connectivity index (χ2v) is 4.82. The van der Waals surface area contributed by atoms with E-state index in [1.807, 2.05) is 6.92 Å². The quantitative estimate of drug-likeness (QED) is 0.642. The van der Waals surface area contributed by atoms with Crippen molar-refractivity contribution in [2.45, 2.75) is 40.5 Å². The van der Waals surface area contributed by atoms with Crippen molar-refractivity contribution in [3.8, 4) is 0 Å². The zero-order chi connectivity index (χ0) is 15.3. The number of hydrogen-bond acceptors (Lipinski definition) is 3. The first kappa shape index (κ1) is 16.3. The number of unbranched alkanes of at least 4 members (excludes halogenated alkanes) is 1. The van der Waals surface area contributed by atoms with E-state index >= 15 is 0 Å². The Bertz CT molecular complexity index is 504. The fraction of sp³-hybridized carbons (Fsp3) is 0.600. The number of aromatic nitrogens is 1. The fourth-order valence-corrected chi connectivity index (χ4v) is 2.27. The smallest absolute Gasteiger partial charge is 0.355 e. The molecule has 1 rings (SSSR count). The van der Waals surface area contributed by atoms with Crippen LogP contribution in [0, 0.1) is 13.8 Å². The minimum atomic E-state index is -0.386. The van der Waals surface area contributed by atoms with Crippen LogP contribution in [-0.4, -0.2) is 29.6 Å². The first-order chi connectivity index (χ1) is 9.45. The highest BCUT2D eigenvalue weighted by Gasteiger charge is 2.25. The zero-order valence-electron chi connectivity index (χ0n) is 13.0. The summed E-state index contributed by atoms with van der Waals surface area (Å²) in [6.45, 7) is 8.43. The molecule has 0 aliphatic heterocycles. The molecule has 1 amide bonds. The van der Waals surface area contributed by atoms with Crippen molar-refractivity contribution < 1.29 is 14.3 Å². The van der Waals surface area contributed by atoms with Crippen LogP contribution in [0.5, 0.6) is 0 Å². The molecule has 0 unspecified atom stereocenters. The summed E-state index contributed by atoms with van der Waals surface area (Å²) in [5.74, 6) is -0.511. The highest BCUT2D eigenvalue weighted by Crippen LogP contribution is 2.21. The van der Waals surface area contributed by atoms with Crippen LogP contribution in [0.1, 0.15) is 58.8 Å². The molecule has 0 aliphatic carbocycles. The third kappa shape index (κ3) is 3.21. The minimum Gasteiger partial charge on any atom is -0.461 e. The molecule has 0 fully saturated rings. The maximum Gasteiger partial charge on any atom is 0.355 e. The van der Waals surface area contributed by atoms with Crippen molar-refractivity contribution >= 4 is 11.9 Å². The Balaban J connectivity index is 3.07. The number of nitrogens with zero attached hydrogens (tertiary/aromatic N) is 1. The molecule has 112 valence electrons. The van der Waals surface area contributed by atoms with E-state index in [9.17, 15) is 9.59 Å². The van der Waals surface area contributed by atoms with Gasteiger partial charge in [-0.25, -0.2) is 4.79 Å². The molecule has 0 saturated carbocycles. The van der Waals surface area contributed by atoms with E-state index < -0.39 is 0 Å². The van der Waals surface area contributed by atoms with E-state index in [1.165, 1.54) is 0 Å². The van der Waals surface area contributed by atoms with Crippen LogP contribution in [0.2, 0.25) is 0 Å². The number of carbonyl (C=O) groups is 2. The van der Waals surface area contributed by atoms with Gasteiger partial charge in [-0.05, 0) is 32.8 Å². The van der Waals surface area contributed by atoms with Crippen LogP contribution in [-0.2, 0) is 11.8 Å². The Morgan fingerprint density at radius 2 is 1.90 bits per heavy atom. The zero-order valence-corrected chi connectivity index (χ0v) is 13.0. The lowest BCUT2D eigenvalue weighted by atomic mass is 10.1. The van der Waals surface area contributed by atoms with E-state index in [0.717, 1.165) is 18.5 Å². The van der Waals surface area contributed by atoms with Gasteiger partial charge in [0.15, 0.2) is 0 Å². The Morgan fingerprint density at radius 1 is 1.25 bits per heavy atom. The molecule has 0 atom stereocenters. The third-order valence-electron chi connectivity index (χ3n) is 3.44. The van der Waals surface area contributed by atoms with Gasteiger partial charge >= 0.3 is 5.97 Å². The standard InChI is InChI=1S/C15H24N2O3/c1-6-8-9-16-14(18)12-10(3)13(15(19)20-7-2)17(5)11(12)4/h6-9H2,1-5H3,(H,16,18). The number of esters is 1. The molecule has 5 heteroatoms. The van der Waals surface area contributed by atoms with Crippen LogP contribution < -0.4 is 5.32 Å². The van der Waals surface area contributed by atoms with Gasteiger partial charge in [0.25, 0.3) is 5.91 Å². The number of amides is 1. The lowest BCUT2D eigenvalue weighted by Gasteiger charge is -2.05. The number of nitrogens with one attached hydrogen (secondary N) is 1. The minimum absolute atomic E-state index is 0.125. The number of ether oxygens (including phenoxy) is 1. The van der Waals surface area contributed by atoms with Crippen LogP contribution in [0.25, 0.3) is 0 Å². The van der Waals surface area contributed by atoms with Gasteiger partial charge in [0, 0.05) is 19.3 Å². The lowest BCUT2D eigenvalue weighted by Crippen LogP contribution is -2.25. The van der Waals surface area contributed by atoms with Gasteiger partial charge < -0.3 is 14.6 Å². The normalized spacial score (nSPS) is 10.4. The summed E-state index contributed by atoms with van der Waals surface area (Å²) in [6, 6.07) is 0. The molecule has 1 aromatic rings. The van der Waals surface area contributed by atoms with Gasteiger partial charge in [-0.2, -0.15) is 0 Å². The molecule has 5 nitrogen and oxygen atoms in total. The second kappa shape index (κ2) is 7.12. The Morgan fingerprint density at radius 3 is 2.45 bits per heavy atom. The Kier molecular flexibility index (Phi) is 5.80. The van der Waals surface area contributed by atoms with E-state index in [4.69, 9.17) is 4.74 Å². The van der Waals surface area contributed by atoms with Crippen molar-refractivity contribution in [3.05, 3.63) is 22.5 Å². The monoisotopic (exact) mass is 280 g/mol. The summed E-state index contributed by atoms with van der Waals surface area (Å²) >= 11 is 0. The fourth-order valence-electron chi connectivity index (χ4n) is 2.27. The van der Waals surface area contributed by atoms with Gasteiger partial charge in [-0.3, -0.25) is 4.79 Å². The van der Waals surface area contributed by atoms with E-state index in [0.29, 0.717) is 30.0 Å².